The number of hydrogen-bond donors (Lipinski definition) is 2. The molecule has 0 amide bonds. The van der Waals surface area contributed by atoms with Crippen molar-refractivity contribution in [2.45, 2.75) is 39.8 Å². The van der Waals surface area contributed by atoms with E-state index in [2.05, 4.69) is 4.98 Å². The van der Waals surface area contributed by atoms with Crippen molar-refractivity contribution in [3.05, 3.63) is 55.7 Å². The van der Waals surface area contributed by atoms with Crippen LogP contribution in [0.15, 0.2) is 33.9 Å². The van der Waals surface area contributed by atoms with Crippen LogP contribution >= 0.6 is 11.6 Å². The van der Waals surface area contributed by atoms with Gasteiger partial charge in [0.15, 0.2) is 0 Å². The van der Waals surface area contributed by atoms with Crippen LogP contribution < -0.4 is 21.9 Å². The molecule has 0 aliphatic carbocycles. The largest absolute Gasteiger partial charge is 0.383 e. The van der Waals surface area contributed by atoms with Gasteiger partial charge in [-0.15, -0.1) is 0 Å². The molecule has 0 unspecified atom stereocenters. The Labute approximate surface area is 145 Å². The van der Waals surface area contributed by atoms with Crippen LogP contribution in [0.4, 0.5) is 11.5 Å². The van der Waals surface area contributed by atoms with E-state index in [1.54, 1.807) is 6.07 Å². The lowest BCUT2D eigenvalue weighted by atomic mass is 10.2. The van der Waals surface area contributed by atoms with Crippen LogP contribution in [0.1, 0.15) is 32.3 Å². The van der Waals surface area contributed by atoms with Gasteiger partial charge in [0.2, 0.25) is 0 Å². The zero-order valence-corrected chi connectivity index (χ0v) is 14.8. The van der Waals surface area contributed by atoms with Crippen LogP contribution in [0.25, 0.3) is 0 Å². The highest BCUT2D eigenvalue weighted by molar-refractivity contribution is 6.31. The smallest absolute Gasteiger partial charge is 0.330 e. The van der Waals surface area contributed by atoms with Crippen molar-refractivity contribution >= 4 is 23.1 Å². The van der Waals surface area contributed by atoms with Crippen molar-refractivity contribution in [1.29, 1.82) is 0 Å². The zero-order valence-electron chi connectivity index (χ0n) is 14.0. The number of nitrogens with two attached hydrogens (primary N) is 1. The Hall–Kier alpha value is -2.21. The van der Waals surface area contributed by atoms with Gasteiger partial charge in [0.1, 0.15) is 11.5 Å². The Kier molecular flexibility index (Phi) is 6.09. The summed E-state index contributed by atoms with van der Waals surface area (Å²) < 4.78 is 1.43. The van der Waals surface area contributed by atoms with Gasteiger partial charge in [-0.05, 0) is 25.0 Å². The summed E-state index contributed by atoms with van der Waals surface area (Å²) in [7, 11) is 0. The number of aromatic nitrogens is 2. The second-order valence-corrected chi connectivity index (χ2v) is 6.01. The van der Waals surface area contributed by atoms with E-state index >= 15 is 0 Å². The molecule has 0 atom stereocenters. The van der Waals surface area contributed by atoms with E-state index in [0.717, 1.165) is 18.4 Å². The molecule has 0 spiro atoms. The molecule has 1 aromatic heterocycles. The number of rotatable bonds is 7. The van der Waals surface area contributed by atoms with Gasteiger partial charge in [0.05, 0.1) is 0 Å². The summed E-state index contributed by atoms with van der Waals surface area (Å²) in [6.07, 6.45) is 1.74. The van der Waals surface area contributed by atoms with E-state index in [-0.39, 0.29) is 5.82 Å². The van der Waals surface area contributed by atoms with Gasteiger partial charge in [-0.2, -0.15) is 0 Å². The third-order valence-corrected chi connectivity index (χ3v) is 4.34. The van der Waals surface area contributed by atoms with E-state index in [9.17, 15) is 9.59 Å². The standard InChI is InChI=1S/C17H23ClN4O2/c1-3-5-10-22-15(19)14(16(23)20-17(22)24)21(4-2)11-12-8-6-7-9-13(12)18/h6-9H,3-5,10-11,19H2,1-2H3,(H,20,23,24). The monoisotopic (exact) mass is 350 g/mol. The number of anilines is 2. The molecule has 0 saturated carbocycles. The molecule has 0 aliphatic heterocycles. The third-order valence-electron chi connectivity index (χ3n) is 3.97. The minimum atomic E-state index is -0.473. The summed E-state index contributed by atoms with van der Waals surface area (Å²) in [6, 6.07) is 7.46. The predicted molar refractivity (Wildman–Crippen MR) is 98.8 cm³/mol. The van der Waals surface area contributed by atoms with Crippen LogP contribution in [-0.2, 0) is 13.1 Å². The Bertz CT molecular complexity index is 813. The second-order valence-electron chi connectivity index (χ2n) is 5.60. The first-order valence-electron chi connectivity index (χ1n) is 8.10. The van der Waals surface area contributed by atoms with Crippen molar-refractivity contribution < 1.29 is 0 Å². The average molecular weight is 351 g/mol. The molecule has 0 aliphatic rings. The van der Waals surface area contributed by atoms with Crippen LogP contribution in [0, 0.1) is 0 Å². The first-order valence-corrected chi connectivity index (χ1v) is 8.48. The lowest BCUT2D eigenvalue weighted by Crippen LogP contribution is -2.38. The van der Waals surface area contributed by atoms with E-state index in [0.29, 0.717) is 30.3 Å². The molecular weight excluding hydrogens is 328 g/mol. The van der Waals surface area contributed by atoms with Crippen molar-refractivity contribution in [2.75, 3.05) is 17.2 Å². The number of H-pyrrole nitrogens is 1. The number of aromatic amines is 1. The fourth-order valence-corrected chi connectivity index (χ4v) is 2.80. The second kappa shape index (κ2) is 8.06. The first-order chi connectivity index (χ1) is 11.5. The Morgan fingerprint density at radius 2 is 1.96 bits per heavy atom. The highest BCUT2D eigenvalue weighted by Crippen LogP contribution is 2.22. The minimum Gasteiger partial charge on any atom is -0.383 e. The van der Waals surface area contributed by atoms with Crippen LogP contribution in [0.5, 0.6) is 0 Å². The van der Waals surface area contributed by atoms with Crippen LogP contribution in [0.2, 0.25) is 5.02 Å². The van der Waals surface area contributed by atoms with E-state index in [1.807, 2.05) is 36.9 Å². The van der Waals surface area contributed by atoms with Gasteiger partial charge in [0.25, 0.3) is 5.56 Å². The number of nitrogen functional groups attached to an aromatic ring is 1. The molecule has 0 bridgehead atoms. The van der Waals surface area contributed by atoms with Gasteiger partial charge < -0.3 is 10.6 Å². The van der Waals surface area contributed by atoms with Crippen LogP contribution in [0.3, 0.4) is 0 Å². The Morgan fingerprint density at radius 3 is 2.58 bits per heavy atom. The SMILES string of the molecule is CCCCn1c(N)c(N(CC)Cc2ccccc2Cl)c(=O)[nH]c1=O. The number of hydrogen-bond acceptors (Lipinski definition) is 4. The molecule has 6 nitrogen and oxygen atoms in total. The number of unbranched alkanes of at least 4 members (excludes halogenated alkanes) is 1. The summed E-state index contributed by atoms with van der Waals surface area (Å²) in [6.45, 7) is 5.44. The fraction of sp³-hybridized carbons (Fsp3) is 0.412. The predicted octanol–water partition coefficient (Wildman–Crippen LogP) is 2.60. The van der Waals surface area contributed by atoms with E-state index < -0.39 is 11.2 Å². The first kappa shape index (κ1) is 18.1. The molecule has 1 aromatic carbocycles. The number of nitrogens with zero attached hydrogens (tertiary/aromatic N) is 2. The quantitative estimate of drug-likeness (QED) is 0.803. The number of nitrogens with one attached hydrogen (secondary N) is 1. The molecule has 24 heavy (non-hydrogen) atoms. The van der Waals surface area contributed by atoms with Crippen molar-refractivity contribution in [3.63, 3.8) is 0 Å². The Morgan fingerprint density at radius 1 is 1.25 bits per heavy atom. The minimum absolute atomic E-state index is 0.200. The summed E-state index contributed by atoms with van der Waals surface area (Å²) in [4.78, 5) is 28.6. The molecule has 0 radical (unpaired) electrons. The summed E-state index contributed by atoms with van der Waals surface area (Å²) in [5.41, 5.74) is 6.43. The normalized spacial score (nSPS) is 10.8. The van der Waals surface area contributed by atoms with E-state index in [4.69, 9.17) is 17.3 Å². The van der Waals surface area contributed by atoms with Crippen molar-refractivity contribution in [1.82, 2.24) is 9.55 Å². The van der Waals surface area contributed by atoms with E-state index in [1.165, 1.54) is 4.57 Å². The van der Waals surface area contributed by atoms with Crippen LogP contribution in [-0.4, -0.2) is 16.1 Å². The summed E-state index contributed by atoms with van der Waals surface area (Å²) in [5.74, 6) is 0.200. The molecule has 2 rings (SSSR count). The van der Waals surface area contributed by atoms with Gasteiger partial charge in [-0.25, -0.2) is 4.79 Å². The van der Waals surface area contributed by atoms with Gasteiger partial charge in [0, 0.05) is 24.7 Å². The topological polar surface area (TPSA) is 84.1 Å². The van der Waals surface area contributed by atoms with Gasteiger partial charge >= 0.3 is 5.69 Å². The fourth-order valence-electron chi connectivity index (χ4n) is 2.60. The van der Waals surface area contributed by atoms with Crippen molar-refractivity contribution in [2.24, 2.45) is 0 Å². The maximum Gasteiger partial charge on any atom is 0.330 e. The Balaban J connectivity index is 2.46. The van der Waals surface area contributed by atoms with Gasteiger partial charge in [-0.1, -0.05) is 43.1 Å². The maximum atomic E-state index is 12.3. The number of benzene rings is 1. The summed E-state index contributed by atoms with van der Waals surface area (Å²) >= 11 is 6.22. The molecule has 1 heterocycles. The molecule has 7 heteroatoms. The molecule has 0 saturated heterocycles. The summed E-state index contributed by atoms with van der Waals surface area (Å²) in [5, 5.41) is 0.630. The molecule has 2 aromatic rings. The van der Waals surface area contributed by atoms with Gasteiger partial charge in [-0.3, -0.25) is 14.3 Å². The molecule has 0 fully saturated rings. The highest BCUT2D eigenvalue weighted by Gasteiger charge is 2.18. The molecular formula is C17H23ClN4O2. The average Bonchev–Trinajstić information content (AvgIpc) is 2.55. The molecule has 130 valence electrons. The zero-order chi connectivity index (χ0) is 17.7. The highest BCUT2D eigenvalue weighted by atomic mass is 35.5. The lowest BCUT2D eigenvalue weighted by Gasteiger charge is -2.25. The maximum absolute atomic E-state index is 12.3. The molecule has 3 N–H and O–H groups in total. The lowest BCUT2D eigenvalue weighted by molar-refractivity contribution is 0.602. The number of halogens is 1. The third kappa shape index (κ3) is 3.82. The van der Waals surface area contributed by atoms with Crippen molar-refractivity contribution in [3.8, 4) is 0 Å².